The van der Waals surface area contributed by atoms with E-state index in [9.17, 15) is 14.4 Å². The average Bonchev–Trinajstić information content (AvgIpc) is 2.96. The molecule has 0 bridgehead atoms. The Hall–Kier alpha value is -4.88. The molecule has 0 unspecified atom stereocenters. The predicted octanol–water partition coefficient (Wildman–Crippen LogP) is 3.65. The predicted molar refractivity (Wildman–Crippen MR) is 157 cm³/mol. The molecule has 0 radical (unpaired) electrons. The largest absolute Gasteiger partial charge is 0.465 e. The number of carboxylic acid groups (broad SMARTS) is 1. The molecule has 0 atom stereocenters. The fourth-order valence-electron chi connectivity index (χ4n) is 4.69. The molecule has 0 saturated carbocycles. The topological polar surface area (TPSA) is 156 Å². The number of fused-ring (bicyclic) bond motifs is 1. The number of urea groups is 1. The first-order valence-corrected chi connectivity index (χ1v) is 13.8. The SMILES string of the molecule is CC(C)(C)OC(=O)N1CCN(C(=O)Nc2ccc3cnc(Nc4ccc(N5CCN(C(=O)O)CC5)cc4)nc3n2)CC1. The number of anilines is 4. The zero-order chi connectivity index (χ0) is 29.9. The van der Waals surface area contributed by atoms with Crippen molar-refractivity contribution < 1.29 is 24.2 Å². The fraction of sp³-hybridized carbons (Fsp3) is 0.429. The Morgan fingerprint density at radius 3 is 2.12 bits per heavy atom. The molecule has 42 heavy (non-hydrogen) atoms. The van der Waals surface area contributed by atoms with E-state index >= 15 is 0 Å². The molecule has 2 saturated heterocycles. The molecule has 14 nitrogen and oxygen atoms in total. The van der Waals surface area contributed by atoms with Crippen molar-refractivity contribution in [2.24, 2.45) is 0 Å². The maximum Gasteiger partial charge on any atom is 0.410 e. The third-order valence-electron chi connectivity index (χ3n) is 6.94. The number of nitrogens with zero attached hydrogens (tertiary/aromatic N) is 7. The van der Waals surface area contributed by atoms with Crippen LogP contribution >= 0.6 is 0 Å². The summed E-state index contributed by atoms with van der Waals surface area (Å²) in [5.74, 6) is 0.721. The summed E-state index contributed by atoms with van der Waals surface area (Å²) in [5, 5.41) is 15.9. The quantitative estimate of drug-likeness (QED) is 0.418. The molecule has 4 heterocycles. The van der Waals surface area contributed by atoms with Gasteiger partial charge in [0, 0.05) is 75.3 Å². The monoisotopic (exact) mass is 577 g/mol. The molecule has 222 valence electrons. The van der Waals surface area contributed by atoms with E-state index in [1.54, 1.807) is 28.1 Å². The number of carbonyl (C=O) groups excluding carboxylic acids is 2. The van der Waals surface area contributed by atoms with Crippen LogP contribution in [0.25, 0.3) is 11.0 Å². The van der Waals surface area contributed by atoms with Crippen molar-refractivity contribution in [2.75, 3.05) is 67.9 Å². The van der Waals surface area contributed by atoms with Crippen LogP contribution in [0.1, 0.15) is 20.8 Å². The summed E-state index contributed by atoms with van der Waals surface area (Å²) in [5.41, 5.74) is 1.66. The molecular weight excluding hydrogens is 542 g/mol. The van der Waals surface area contributed by atoms with Gasteiger partial charge in [-0.05, 0) is 57.2 Å². The Labute approximate surface area is 243 Å². The van der Waals surface area contributed by atoms with Crippen LogP contribution in [0.15, 0.2) is 42.6 Å². The highest BCUT2D eigenvalue weighted by atomic mass is 16.6. The van der Waals surface area contributed by atoms with Gasteiger partial charge in [0.15, 0.2) is 5.65 Å². The second-order valence-corrected chi connectivity index (χ2v) is 11.1. The number of aromatic nitrogens is 3. The molecule has 3 N–H and O–H groups in total. The minimum Gasteiger partial charge on any atom is -0.465 e. The Morgan fingerprint density at radius 1 is 0.833 bits per heavy atom. The Kier molecular flexibility index (Phi) is 8.13. The number of hydrogen-bond donors (Lipinski definition) is 3. The van der Waals surface area contributed by atoms with Gasteiger partial charge in [-0.25, -0.2) is 24.4 Å². The van der Waals surface area contributed by atoms with E-state index in [0.29, 0.717) is 69.8 Å². The molecule has 14 heteroatoms. The lowest BCUT2D eigenvalue weighted by Crippen LogP contribution is -2.52. The molecule has 5 rings (SSSR count). The lowest BCUT2D eigenvalue weighted by Gasteiger charge is -2.35. The molecular formula is C28H35N9O5. The average molecular weight is 578 g/mol. The van der Waals surface area contributed by atoms with Gasteiger partial charge in [-0.2, -0.15) is 4.98 Å². The number of rotatable bonds is 4. The summed E-state index contributed by atoms with van der Waals surface area (Å²) < 4.78 is 5.42. The smallest absolute Gasteiger partial charge is 0.410 e. The van der Waals surface area contributed by atoms with Gasteiger partial charge in [0.2, 0.25) is 5.95 Å². The molecule has 0 aliphatic carbocycles. The zero-order valence-corrected chi connectivity index (χ0v) is 23.9. The number of amides is 4. The van der Waals surface area contributed by atoms with Gasteiger partial charge in [-0.15, -0.1) is 0 Å². The van der Waals surface area contributed by atoms with Crippen molar-refractivity contribution in [2.45, 2.75) is 26.4 Å². The molecule has 2 aromatic heterocycles. The molecule has 4 amide bonds. The van der Waals surface area contributed by atoms with Crippen LogP contribution < -0.4 is 15.5 Å². The summed E-state index contributed by atoms with van der Waals surface area (Å²) in [6.45, 7) is 9.23. The minimum atomic E-state index is -0.885. The summed E-state index contributed by atoms with van der Waals surface area (Å²) in [6, 6.07) is 11.0. The van der Waals surface area contributed by atoms with E-state index < -0.39 is 11.7 Å². The van der Waals surface area contributed by atoms with Gasteiger partial charge in [0.25, 0.3) is 0 Å². The minimum absolute atomic E-state index is 0.303. The van der Waals surface area contributed by atoms with E-state index in [4.69, 9.17) is 9.84 Å². The number of nitrogens with one attached hydrogen (secondary N) is 2. The number of benzene rings is 1. The zero-order valence-electron chi connectivity index (χ0n) is 23.9. The first-order valence-electron chi connectivity index (χ1n) is 13.8. The lowest BCUT2D eigenvalue weighted by atomic mass is 10.2. The van der Waals surface area contributed by atoms with Gasteiger partial charge >= 0.3 is 18.2 Å². The molecule has 0 spiro atoms. The molecule has 2 fully saturated rings. The maximum absolute atomic E-state index is 12.9. The summed E-state index contributed by atoms with van der Waals surface area (Å²) >= 11 is 0. The van der Waals surface area contributed by atoms with Gasteiger partial charge in [-0.3, -0.25) is 5.32 Å². The molecule has 3 aromatic rings. The van der Waals surface area contributed by atoms with Gasteiger partial charge in [-0.1, -0.05) is 0 Å². The second kappa shape index (κ2) is 11.9. The number of carbonyl (C=O) groups is 3. The van der Waals surface area contributed by atoms with E-state index in [2.05, 4.69) is 30.5 Å². The van der Waals surface area contributed by atoms with Crippen LogP contribution in [-0.2, 0) is 4.74 Å². The third-order valence-corrected chi connectivity index (χ3v) is 6.94. The van der Waals surface area contributed by atoms with Crippen molar-refractivity contribution >= 4 is 52.4 Å². The number of ether oxygens (including phenoxy) is 1. The van der Waals surface area contributed by atoms with Crippen LogP contribution in [0.3, 0.4) is 0 Å². The highest BCUT2D eigenvalue weighted by Crippen LogP contribution is 2.22. The van der Waals surface area contributed by atoms with Crippen LogP contribution in [0, 0.1) is 0 Å². The second-order valence-electron chi connectivity index (χ2n) is 11.1. The molecule has 2 aliphatic heterocycles. The van der Waals surface area contributed by atoms with Crippen molar-refractivity contribution in [3.8, 4) is 0 Å². The van der Waals surface area contributed by atoms with Crippen LogP contribution in [-0.4, -0.2) is 111 Å². The van der Waals surface area contributed by atoms with Crippen LogP contribution in [0.5, 0.6) is 0 Å². The Balaban J connectivity index is 1.16. The van der Waals surface area contributed by atoms with Crippen molar-refractivity contribution in [3.63, 3.8) is 0 Å². The number of piperazine rings is 2. The summed E-state index contributed by atoms with van der Waals surface area (Å²) in [6.07, 6.45) is 0.397. The van der Waals surface area contributed by atoms with Crippen molar-refractivity contribution in [1.29, 1.82) is 0 Å². The van der Waals surface area contributed by atoms with Crippen LogP contribution in [0.4, 0.5) is 37.5 Å². The van der Waals surface area contributed by atoms with E-state index in [-0.39, 0.29) is 12.1 Å². The first-order chi connectivity index (χ1) is 20.0. The maximum atomic E-state index is 12.9. The lowest BCUT2D eigenvalue weighted by molar-refractivity contribution is 0.0174. The fourth-order valence-corrected chi connectivity index (χ4v) is 4.69. The van der Waals surface area contributed by atoms with Crippen molar-refractivity contribution in [3.05, 3.63) is 42.6 Å². The van der Waals surface area contributed by atoms with Gasteiger partial charge in [0.1, 0.15) is 11.4 Å². The number of hydrogen-bond acceptors (Lipinski definition) is 9. The summed E-state index contributed by atoms with van der Waals surface area (Å²) in [7, 11) is 0. The van der Waals surface area contributed by atoms with Crippen LogP contribution in [0.2, 0.25) is 0 Å². The van der Waals surface area contributed by atoms with Gasteiger partial charge in [0.05, 0.1) is 0 Å². The Bertz CT molecular complexity index is 1440. The molecule has 2 aliphatic rings. The van der Waals surface area contributed by atoms with E-state index in [0.717, 1.165) is 16.8 Å². The third kappa shape index (κ3) is 7.06. The number of pyridine rings is 1. The van der Waals surface area contributed by atoms with Gasteiger partial charge < -0.3 is 34.8 Å². The highest BCUT2D eigenvalue weighted by molar-refractivity contribution is 5.90. The standard InChI is InChI=1S/C28H35N9O5/c1-28(2,3)42-27(41)37-16-12-35(13-17-37)25(38)32-22-9-4-19-18-29-24(33-23(19)31-22)30-20-5-7-21(8-6-20)34-10-14-36(15-11-34)26(39)40/h4-9,18H,10-17H2,1-3H3,(H,39,40)(H2,29,30,31,32,33,38). The highest BCUT2D eigenvalue weighted by Gasteiger charge is 2.28. The van der Waals surface area contributed by atoms with Crippen molar-refractivity contribution in [1.82, 2.24) is 29.7 Å². The molecule has 1 aromatic carbocycles. The first kappa shape index (κ1) is 28.6. The Morgan fingerprint density at radius 2 is 1.48 bits per heavy atom. The normalized spacial score (nSPS) is 15.9. The van der Waals surface area contributed by atoms with E-state index in [1.165, 1.54) is 4.90 Å². The summed E-state index contributed by atoms with van der Waals surface area (Å²) in [4.78, 5) is 56.5. The van der Waals surface area contributed by atoms with E-state index in [1.807, 2.05) is 45.0 Å².